The molecular formula is C15H20O3S. The van der Waals surface area contributed by atoms with E-state index in [0.29, 0.717) is 12.8 Å². The lowest BCUT2D eigenvalue weighted by atomic mass is 9.85. The Labute approximate surface area is 116 Å². The minimum Gasteiger partial charge on any atom is -0.497 e. The lowest BCUT2D eigenvalue weighted by Gasteiger charge is -2.36. The summed E-state index contributed by atoms with van der Waals surface area (Å²) in [7, 11) is 0.898. The Bertz CT molecular complexity index is 510. The molecule has 0 aromatic heterocycles. The molecule has 0 spiro atoms. The molecule has 19 heavy (non-hydrogen) atoms. The summed E-state index contributed by atoms with van der Waals surface area (Å²) in [5.41, 5.74) is 1.17. The van der Waals surface area contributed by atoms with Crippen LogP contribution in [0.25, 0.3) is 0 Å². The van der Waals surface area contributed by atoms with Gasteiger partial charge < -0.3 is 9.84 Å². The van der Waals surface area contributed by atoms with Gasteiger partial charge in [0, 0.05) is 21.3 Å². The number of methoxy groups -OCH3 is 1. The molecule has 2 atom stereocenters. The Morgan fingerprint density at radius 2 is 1.89 bits per heavy atom. The monoisotopic (exact) mass is 280 g/mol. The fraction of sp³-hybridized carbons (Fsp3) is 0.600. The van der Waals surface area contributed by atoms with Gasteiger partial charge in [-0.1, -0.05) is 6.07 Å². The summed E-state index contributed by atoms with van der Waals surface area (Å²) in [6.07, 6.45) is 3.20. The minimum absolute atomic E-state index is 0.162. The number of hydrogen-bond acceptors (Lipinski definition) is 3. The van der Waals surface area contributed by atoms with Gasteiger partial charge in [0.2, 0.25) is 0 Å². The van der Waals surface area contributed by atoms with Crippen LogP contribution in [0.3, 0.4) is 0 Å². The van der Waals surface area contributed by atoms with E-state index in [1.54, 1.807) is 7.11 Å². The summed E-state index contributed by atoms with van der Waals surface area (Å²) in [6, 6.07) is 5.90. The summed E-state index contributed by atoms with van der Waals surface area (Å²) in [5, 5.41) is 11.3. The summed E-state index contributed by atoms with van der Waals surface area (Å²) in [4.78, 5) is 0. The van der Waals surface area contributed by atoms with Gasteiger partial charge >= 0.3 is 0 Å². The third kappa shape index (κ3) is 2.21. The van der Waals surface area contributed by atoms with Crippen LogP contribution in [0, 0.1) is 6.92 Å². The molecule has 2 saturated heterocycles. The van der Waals surface area contributed by atoms with Gasteiger partial charge in [0.25, 0.3) is 0 Å². The average molecular weight is 280 g/mol. The molecule has 2 heterocycles. The van der Waals surface area contributed by atoms with Crippen LogP contribution < -0.4 is 4.74 Å². The second-order valence-corrected chi connectivity index (χ2v) is 7.82. The van der Waals surface area contributed by atoms with Crippen LogP contribution in [0.15, 0.2) is 18.2 Å². The van der Waals surface area contributed by atoms with E-state index in [-0.39, 0.29) is 10.5 Å². The predicted molar refractivity (Wildman–Crippen MR) is 75.8 cm³/mol. The fourth-order valence-electron chi connectivity index (χ4n) is 3.45. The molecule has 2 aliphatic heterocycles. The second-order valence-electron chi connectivity index (χ2n) is 5.83. The molecule has 3 nitrogen and oxygen atoms in total. The zero-order valence-electron chi connectivity index (χ0n) is 11.4. The Morgan fingerprint density at radius 1 is 1.26 bits per heavy atom. The first-order valence-electron chi connectivity index (χ1n) is 6.80. The molecule has 4 heteroatoms. The largest absolute Gasteiger partial charge is 0.497 e. The standard InChI is InChI=1S/C15H20O3S/c1-10-5-11(7-12(6-10)18-2)15(16)8-13-3-4-14(9-15)19(13)17/h5-7,13-14,16H,3-4,8-9H2,1-2H3. The molecule has 104 valence electrons. The SMILES string of the molecule is COc1cc(C)cc(C2(O)CC3CCC(C2)S3=O)c1. The van der Waals surface area contributed by atoms with E-state index >= 15 is 0 Å². The van der Waals surface area contributed by atoms with Crippen molar-refractivity contribution in [1.29, 1.82) is 0 Å². The molecule has 1 N–H and O–H groups in total. The highest BCUT2D eigenvalue weighted by Gasteiger charge is 2.48. The molecular weight excluding hydrogens is 260 g/mol. The summed E-state index contributed by atoms with van der Waals surface area (Å²) < 4.78 is 17.4. The third-order valence-electron chi connectivity index (χ3n) is 4.42. The highest BCUT2D eigenvalue weighted by molar-refractivity contribution is 7.86. The molecule has 0 aliphatic carbocycles. The van der Waals surface area contributed by atoms with Gasteiger partial charge in [-0.25, -0.2) is 0 Å². The van der Waals surface area contributed by atoms with Gasteiger partial charge in [-0.2, -0.15) is 0 Å². The van der Waals surface area contributed by atoms with Crippen LogP contribution in [-0.2, 0) is 16.4 Å². The number of ether oxygens (including phenoxy) is 1. The summed E-state index contributed by atoms with van der Waals surface area (Å²) in [6.45, 7) is 2.00. The van der Waals surface area contributed by atoms with E-state index in [4.69, 9.17) is 4.74 Å². The van der Waals surface area contributed by atoms with Gasteiger partial charge in [-0.15, -0.1) is 0 Å². The maximum atomic E-state index is 12.1. The first-order valence-corrected chi connectivity index (χ1v) is 8.07. The van der Waals surface area contributed by atoms with Crippen molar-refractivity contribution < 1.29 is 14.1 Å². The summed E-state index contributed by atoms with van der Waals surface area (Å²) in [5.74, 6) is 0.780. The van der Waals surface area contributed by atoms with Crippen molar-refractivity contribution in [2.45, 2.75) is 48.7 Å². The quantitative estimate of drug-likeness (QED) is 0.904. The Kier molecular flexibility index (Phi) is 3.18. The molecule has 2 unspecified atom stereocenters. The minimum atomic E-state index is -0.834. The smallest absolute Gasteiger partial charge is 0.119 e. The lowest BCUT2D eigenvalue weighted by Crippen LogP contribution is -2.40. The van der Waals surface area contributed by atoms with Crippen molar-refractivity contribution in [2.24, 2.45) is 0 Å². The molecule has 1 aromatic carbocycles. The lowest BCUT2D eigenvalue weighted by molar-refractivity contribution is 0.0182. The van der Waals surface area contributed by atoms with Gasteiger partial charge in [0.05, 0.1) is 12.7 Å². The van der Waals surface area contributed by atoms with Crippen LogP contribution in [-0.4, -0.2) is 26.9 Å². The van der Waals surface area contributed by atoms with Crippen molar-refractivity contribution in [3.63, 3.8) is 0 Å². The van der Waals surface area contributed by atoms with E-state index in [9.17, 15) is 9.32 Å². The fourth-order valence-corrected chi connectivity index (χ4v) is 5.61. The predicted octanol–water partition coefficient (Wildman–Crippen LogP) is 2.26. The Hall–Kier alpha value is -0.870. The van der Waals surface area contributed by atoms with Crippen LogP contribution in [0.5, 0.6) is 5.75 Å². The molecule has 2 fully saturated rings. The van der Waals surface area contributed by atoms with Crippen LogP contribution in [0.4, 0.5) is 0 Å². The molecule has 1 aromatic rings. The zero-order chi connectivity index (χ0) is 13.6. The normalized spacial score (nSPS) is 37.3. The van der Waals surface area contributed by atoms with Crippen LogP contribution in [0.2, 0.25) is 0 Å². The van der Waals surface area contributed by atoms with Crippen LogP contribution in [0.1, 0.15) is 36.8 Å². The van der Waals surface area contributed by atoms with Gasteiger partial charge in [0.15, 0.2) is 0 Å². The number of hydrogen-bond donors (Lipinski definition) is 1. The molecule has 2 aliphatic rings. The maximum absolute atomic E-state index is 12.1. The zero-order valence-corrected chi connectivity index (χ0v) is 12.2. The van der Waals surface area contributed by atoms with E-state index in [0.717, 1.165) is 29.7 Å². The van der Waals surface area contributed by atoms with E-state index in [1.165, 1.54) is 0 Å². The first-order chi connectivity index (χ1) is 9.01. The van der Waals surface area contributed by atoms with Gasteiger partial charge in [0.1, 0.15) is 5.75 Å². The molecule has 2 bridgehead atoms. The second kappa shape index (κ2) is 4.60. The Morgan fingerprint density at radius 3 is 2.47 bits per heavy atom. The van der Waals surface area contributed by atoms with Crippen molar-refractivity contribution in [1.82, 2.24) is 0 Å². The topological polar surface area (TPSA) is 46.5 Å². The number of benzene rings is 1. The highest BCUT2D eigenvalue weighted by atomic mass is 32.2. The number of aliphatic hydroxyl groups is 1. The molecule has 0 amide bonds. The average Bonchev–Trinajstić information content (AvgIpc) is 2.62. The van der Waals surface area contributed by atoms with Crippen molar-refractivity contribution in [3.05, 3.63) is 29.3 Å². The number of fused-ring (bicyclic) bond motifs is 2. The van der Waals surface area contributed by atoms with Crippen LogP contribution >= 0.6 is 0 Å². The van der Waals surface area contributed by atoms with Gasteiger partial charge in [-0.05, 0) is 55.9 Å². The van der Waals surface area contributed by atoms with Crippen molar-refractivity contribution in [3.8, 4) is 5.75 Å². The number of aryl methyl sites for hydroxylation is 1. The maximum Gasteiger partial charge on any atom is 0.119 e. The van der Waals surface area contributed by atoms with Crippen molar-refractivity contribution >= 4 is 10.8 Å². The molecule has 3 rings (SSSR count). The number of rotatable bonds is 2. The summed E-state index contributed by atoms with van der Waals surface area (Å²) >= 11 is 0. The van der Waals surface area contributed by atoms with Crippen molar-refractivity contribution in [2.75, 3.05) is 7.11 Å². The first kappa shape index (κ1) is 13.1. The molecule has 0 radical (unpaired) electrons. The van der Waals surface area contributed by atoms with E-state index in [2.05, 4.69) is 0 Å². The van der Waals surface area contributed by atoms with E-state index in [1.807, 2.05) is 25.1 Å². The molecule has 0 saturated carbocycles. The van der Waals surface area contributed by atoms with E-state index < -0.39 is 16.4 Å². The van der Waals surface area contributed by atoms with Gasteiger partial charge in [-0.3, -0.25) is 4.21 Å². The third-order valence-corrected chi connectivity index (χ3v) is 6.54. The Balaban J connectivity index is 1.97. The highest BCUT2D eigenvalue weighted by Crippen LogP contribution is 2.46.